The van der Waals surface area contributed by atoms with E-state index in [4.69, 9.17) is 0 Å². The summed E-state index contributed by atoms with van der Waals surface area (Å²) >= 11 is 0. The Morgan fingerprint density at radius 1 is 1.54 bits per heavy atom. The lowest BCUT2D eigenvalue weighted by Gasteiger charge is -2.44. The van der Waals surface area contributed by atoms with Crippen molar-refractivity contribution in [3.05, 3.63) is 24.1 Å². The smallest absolute Gasteiger partial charge is 0.141 e. The third-order valence-electron chi connectivity index (χ3n) is 2.10. The van der Waals surface area contributed by atoms with Crippen LogP contribution in [0.25, 0.3) is 0 Å². The molecule has 1 aliphatic heterocycles. The topological polar surface area (TPSA) is 36.4 Å². The van der Waals surface area contributed by atoms with Gasteiger partial charge in [-0.15, -0.1) is 0 Å². The molecule has 4 heteroatoms. The van der Waals surface area contributed by atoms with Gasteiger partial charge in [0.1, 0.15) is 11.6 Å². The molecule has 1 aliphatic rings. The van der Waals surface area contributed by atoms with Crippen LogP contribution < -0.4 is 4.90 Å². The fraction of sp³-hybridized carbons (Fsp3) is 0.444. The highest BCUT2D eigenvalue weighted by molar-refractivity contribution is 5.43. The molecule has 0 spiro atoms. The molecule has 0 radical (unpaired) electrons. The van der Waals surface area contributed by atoms with Crippen LogP contribution in [0.3, 0.4) is 0 Å². The number of pyridine rings is 1. The van der Waals surface area contributed by atoms with Crippen LogP contribution in [0, 0.1) is 5.82 Å². The standard InChI is InChI=1S/C9H11FN2O/c1-9(13)5-12(6-9)8-3-2-7(10)4-11-8/h2-4,13H,5-6H2,1H3. The van der Waals surface area contributed by atoms with Crippen molar-refractivity contribution in [2.45, 2.75) is 12.5 Å². The predicted octanol–water partition coefficient (Wildman–Crippen LogP) is 0.792. The molecule has 1 fully saturated rings. The first-order valence-corrected chi connectivity index (χ1v) is 4.16. The van der Waals surface area contributed by atoms with Crippen LogP contribution >= 0.6 is 0 Å². The largest absolute Gasteiger partial charge is 0.386 e. The molecule has 2 rings (SSSR count). The molecule has 1 N–H and O–H groups in total. The molecule has 0 aliphatic carbocycles. The van der Waals surface area contributed by atoms with Gasteiger partial charge in [-0.05, 0) is 19.1 Å². The molecule has 0 saturated carbocycles. The Balaban J connectivity index is 2.08. The molecule has 70 valence electrons. The highest BCUT2D eigenvalue weighted by Crippen LogP contribution is 2.25. The maximum atomic E-state index is 12.5. The number of halogens is 1. The van der Waals surface area contributed by atoms with E-state index in [0.717, 1.165) is 0 Å². The van der Waals surface area contributed by atoms with Crippen LogP contribution in [-0.2, 0) is 0 Å². The second-order valence-electron chi connectivity index (χ2n) is 3.69. The van der Waals surface area contributed by atoms with Crippen molar-refractivity contribution in [3.63, 3.8) is 0 Å². The van der Waals surface area contributed by atoms with E-state index >= 15 is 0 Å². The number of hydrogen-bond donors (Lipinski definition) is 1. The first-order valence-electron chi connectivity index (χ1n) is 4.16. The van der Waals surface area contributed by atoms with Gasteiger partial charge >= 0.3 is 0 Å². The zero-order chi connectivity index (χ0) is 9.47. The first-order chi connectivity index (χ1) is 6.07. The summed E-state index contributed by atoms with van der Waals surface area (Å²) in [5, 5.41) is 9.46. The third kappa shape index (κ3) is 1.62. The van der Waals surface area contributed by atoms with Gasteiger partial charge in [0.2, 0.25) is 0 Å². The molecular weight excluding hydrogens is 171 g/mol. The summed E-state index contributed by atoms with van der Waals surface area (Å²) in [7, 11) is 0. The molecule has 0 bridgehead atoms. The second-order valence-corrected chi connectivity index (χ2v) is 3.69. The Labute approximate surface area is 75.8 Å². The van der Waals surface area contributed by atoms with Gasteiger partial charge in [-0.1, -0.05) is 0 Å². The van der Waals surface area contributed by atoms with Crippen LogP contribution in [0.1, 0.15) is 6.92 Å². The Hall–Kier alpha value is -1.16. The van der Waals surface area contributed by atoms with Gasteiger partial charge in [-0.3, -0.25) is 0 Å². The quantitative estimate of drug-likeness (QED) is 0.697. The Kier molecular flexibility index (Phi) is 1.73. The Bertz CT molecular complexity index is 302. The highest BCUT2D eigenvalue weighted by atomic mass is 19.1. The van der Waals surface area contributed by atoms with E-state index in [9.17, 15) is 9.50 Å². The molecule has 1 aromatic rings. The number of anilines is 1. The molecule has 0 unspecified atom stereocenters. The van der Waals surface area contributed by atoms with E-state index in [1.165, 1.54) is 12.3 Å². The van der Waals surface area contributed by atoms with E-state index < -0.39 is 5.60 Å². The number of hydrogen-bond acceptors (Lipinski definition) is 3. The highest BCUT2D eigenvalue weighted by Gasteiger charge is 2.37. The summed E-state index contributed by atoms with van der Waals surface area (Å²) in [5.41, 5.74) is -0.615. The van der Waals surface area contributed by atoms with Crippen LogP contribution in [0.15, 0.2) is 18.3 Å². The lowest BCUT2D eigenvalue weighted by Crippen LogP contribution is -2.60. The lowest BCUT2D eigenvalue weighted by molar-refractivity contribution is 0.0305. The van der Waals surface area contributed by atoms with Crippen molar-refractivity contribution in [3.8, 4) is 0 Å². The maximum Gasteiger partial charge on any atom is 0.141 e. The van der Waals surface area contributed by atoms with Gasteiger partial charge in [0.05, 0.1) is 11.8 Å². The van der Waals surface area contributed by atoms with Gasteiger partial charge in [0, 0.05) is 13.1 Å². The first kappa shape index (κ1) is 8.44. The molecule has 1 saturated heterocycles. The number of nitrogens with zero attached hydrogens (tertiary/aromatic N) is 2. The third-order valence-corrected chi connectivity index (χ3v) is 2.10. The summed E-state index contributed by atoms with van der Waals surface area (Å²) in [6, 6.07) is 2.99. The van der Waals surface area contributed by atoms with Crippen LogP contribution in [0.4, 0.5) is 10.2 Å². The second kappa shape index (κ2) is 2.67. The summed E-state index contributed by atoms with van der Waals surface area (Å²) < 4.78 is 12.5. The van der Waals surface area contributed by atoms with Crippen molar-refractivity contribution < 1.29 is 9.50 Å². The minimum Gasteiger partial charge on any atom is -0.386 e. The SMILES string of the molecule is CC1(O)CN(c2ccc(F)cn2)C1. The summed E-state index contributed by atoms with van der Waals surface area (Å²) in [6.45, 7) is 2.89. The summed E-state index contributed by atoms with van der Waals surface area (Å²) in [4.78, 5) is 5.81. The monoisotopic (exact) mass is 182 g/mol. The van der Waals surface area contributed by atoms with Crippen LogP contribution in [0.5, 0.6) is 0 Å². The number of rotatable bonds is 1. The van der Waals surface area contributed by atoms with Gasteiger partial charge in [0.15, 0.2) is 0 Å². The van der Waals surface area contributed by atoms with E-state index in [1.807, 2.05) is 4.90 Å². The van der Waals surface area contributed by atoms with E-state index in [0.29, 0.717) is 18.9 Å². The van der Waals surface area contributed by atoms with Crippen molar-refractivity contribution in [2.75, 3.05) is 18.0 Å². The van der Waals surface area contributed by atoms with Crippen molar-refractivity contribution in [1.82, 2.24) is 4.98 Å². The fourth-order valence-corrected chi connectivity index (χ4v) is 1.49. The summed E-state index contributed by atoms with van der Waals surface area (Å²) in [6.07, 6.45) is 1.18. The van der Waals surface area contributed by atoms with E-state index in [1.54, 1.807) is 13.0 Å². The number of β-amino-alcohol motifs (C(OH)–C–C–N with tert-alkyl or cyclic N) is 1. The maximum absolute atomic E-state index is 12.5. The average Bonchev–Trinajstić information content (AvgIpc) is 2.01. The van der Waals surface area contributed by atoms with Gasteiger partial charge in [-0.2, -0.15) is 0 Å². The van der Waals surface area contributed by atoms with Gasteiger partial charge in [0.25, 0.3) is 0 Å². The van der Waals surface area contributed by atoms with Gasteiger partial charge in [-0.25, -0.2) is 9.37 Å². The zero-order valence-corrected chi connectivity index (χ0v) is 7.37. The van der Waals surface area contributed by atoms with Crippen LogP contribution in [0.2, 0.25) is 0 Å². The molecule has 1 aromatic heterocycles. The fourth-order valence-electron chi connectivity index (χ4n) is 1.49. The van der Waals surface area contributed by atoms with E-state index in [-0.39, 0.29) is 5.82 Å². The molecule has 3 nitrogen and oxygen atoms in total. The predicted molar refractivity (Wildman–Crippen MR) is 47.0 cm³/mol. The molecule has 0 aromatic carbocycles. The Morgan fingerprint density at radius 3 is 2.69 bits per heavy atom. The number of aromatic nitrogens is 1. The van der Waals surface area contributed by atoms with Gasteiger partial charge < -0.3 is 10.0 Å². The zero-order valence-electron chi connectivity index (χ0n) is 7.37. The minimum atomic E-state index is -0.615. The van der Waals surface area contributed by atoms with Crippen molar-refractivity contribution >= 4 is 5.82 Å². The minimum absolute atomic E-state index is 0.337. The van der Waals surface area contributed by atoms with Crippen molar-refractivity contribution in [1.29, 1.82) is 0 Å². The summed E-state index contributed by atoms with van der Waals surface area (Å²) in [5.74, 6) is 0.379. The number of aliphatic hydroxyl groups is 1. The normalized spacial score (nSPS) is 19.8. The average molecular weight is 182 g/mol. The molecule has 2 heterocycles. The molecule has 0 amide bonds. The van der Waals surface area contributed by atoms with Crippen molar-refractivity contribution in [2.24, 2.45) is 0 Å². The molecule has 0 atom stereocenters. The lowest BCUT2D eigenvalue weighted by atomic mass is 9.97. The molecule has 13 heavy (non-hydrogen) atoms. The van der Waals surface area contributed by atoms with E-state index in [2.05, 4.69) is 4.98 Å². The van der Waals surface area contributed by atoms with Crippen LogP contribution in [-0.4, -0.2) is 28.8 Å². The molecular formula is C9H11FN2O. The Morgan fingerprint density at radius 2 is 2.23 bits per heavy atom.